The quantitative estimate of drug-likeness (QED) is 0.670. The van der Waals surface area contributed by atoms with Crippen LogP contribution in [0.25, 0.3) is 10.2 Å². The van der Waals surface area contributed by atoms with E-state index in [0.29, 0.717) is 23.7 Å². The van der Waals surface area contributed by atoms with Crippen LogP contribution in [0.15, 0.2) is 36.5 Å². The monoisotopic (exact) mass is 411 g/mol. The first kappa shape index (κ1) is 19.1. The van der Waals surface area contributed by atoms with Crippen LogP contribution in [0, 0.1) is 0 Å². The van der Waals surface area contributed by atoms with Crippen LogP contribution in [-0.4, -0.2) is 52.9 Å². The van der Waals surface area contributed by atoms with Crippen LogP contribution < -0.4 is 15.4 Å². The lowest BCUT2D eigenvalue weighted by molar-refractivity contribution is -0.127. The lowest BCUT2D eigenvalue weighted by atomic mass is 10.3. The number of carbonyl (C=O) groups is 2. The summed E-state index contributed by atoms with van der Waals surface area (Å²) in [7, 11) is 1.56. The second kappa shape index (κ2) is 8.04. The van der Waals surface area contributed by atoms with E-state index in [9.17, 15) is 9.59 Å². The summed E-state index contributed by atoms with van der Waals surface area (Å²) in [6, 6.07) is 9.20. The topological polar surface area (TPSA) is 96.5 Å². The Hall–Kier alpha value is -3.20. The van der Waals surface area contributed by atoms with Crippen molar-refractivity contribution >= 4 is 38.5 Å². The number of nitrogens with zero attached hydrogens (tertiary/aromatic N) is 3. The summed E-state index contributed by atoms with van der Waals surface area (Å²) in [5, 5.41) is 6.81. The standard InChI is InChI=1S/C20H21N5O3S/c1-12(26)25-8-6-13(11-25)23-20-24-16-4-3-14(10-18(16)29-20)28-15-5-7-22-17(9-15)19(27)21-2/h3-5,7,9-10,13H,6,8,11H2,1-2H3,(H,21,27)(H,23,24). The van der Waals surface area contributed by atoms with E-state index in [1.807, 2.05) is 23.1 Å². The van der Waals surface area contributed by atoms with Crippen LogP contribution in [0.2, 0.25) is 0 Å². The van der Waals surface area contributed by atoms with Gasteiger partial charge in [0.25, 0.3) is 5.91 Å². The maximum Gasteiger partial charge on any atom is 0.269 e. The number of benzene rings is 1. The summed E-state index contributed by atoms with van der Waals surface area (Å²) >= 11 is 1.55. The number of hydrogen-bond acceptors (Lipinski definition) is 7. The summed E-state index contributed by atoms with van der Waals surface area (Å²) in [5.74, 6) is 1.04. The minimum Gasteiger partial charge on any atom is -0.457 e. The summed E-state index contributed by atoms with van der Waals surface area (Å²) in [6.07, 6.45) is 2.46. The van der Waals surface area contributed by atoms with Gasteiger partial charge in [0.2, 0.25) is 5.91 Å². The van der Waals surface area contributed by atoms with E-state index in [0.717, 1.165) is 28.3 Å². The molecule has 0 spiro atoms. The Kier molecular flexibility index (Phi) is 5.30. The molecule has 1 aliphatic heterocycles. The molecule has 2 N–H and O–H groups in total. The zero-order valence-corrected chi connectivity index (χ0v) is 17.0. The average molecular weight is 411 g/mol. The third kappa shape index (κ3) is 4.29. The molecule has 1 aromatic carbocycles. The molecule has 8 nitrogen and oxygen atoms in total. The first-order valence-electron chi connectivity index (χ1n) is 9.30. The predicted octanol–water partition coefficient (Wildman–Crippen LogP) is 2.88. The minimum absolute atomic E-state index is 0.107. The Labute approximate surface area is 171 Å². The van der Waals surface area contributed by atoms with Gasteiger partial charge >= 0.3 is 0 Å². The van der Waals surface area contributed by atoms with Gasteiger partial charge in [-0.25, -0.2) is 4.98 Å². The lowest BCUT2D eigenvalue weighted by Crippen LogP contribution is -2.29. The number of carbonyl (C=O) groups excluding carboxylic acids is 2. The number of anilines is 1. The fraction of sp³-hybridized carbons (Fsp3) is 0.300. The smallest absolute Gasteiger partial charge is 0.269 e. The van der Waals surface area contributed by atoms with Gasteiger partial charge in [0, 0.05) is 51.4 Å². The molecule has 1 saturated heterocycles. The third-order valence-electron chi connectivity index (χ3n) is 4.75. The summed E-state index contributed by atoms with van der Waals surface area (Å²) in [5.41, 5.74) is 1.18. The van der Waals surface area contributed by atoms with Crippen molar-refractivity contribution in [3.8, 4) is 11.5 Å². The SMILES string of the molecule is CNC(=O)c1cc(Oc2ccc3nc(NC4CCN(C(C)=O)C4)sc3c2)ccn1. The first-order chi connectivity index (χ1) is 14.0. The number of rotatable bonds is 5. The highest BCUT2D eigenvalue weighted by atomic mass is 32.1. The molecular formula is C20H21N5O3S. The van der Waals surface area contributed by atoms with E-state index in [1.165, 1.54) is 0 Å². The number of amides is 2. The number of hydrogen-bond donors (Lipinski definition) is 2. The van der Waals surface area contributed by atoms with Gasteiger partial charge in [-0.1, -0.05) is 11.3 Å². The Balaban J connectivity index is 1.47. The zero-order valence-electron chi connectivity index (χ0n) is 16.1. The van der Waals surface area contributed by atoms with Gasteiger partial charge in [-0.3, -0.25) is 14.6 Å². The molecule has 0 radical (unpaired) electrons. The highest BCUT2D eigenvalue weighted by Crippen LogP contribution is 2.32. The highest BCUT2D eigenvalue weighted by molar-refractivity contribution is 7.22. The van der Waals surface area contributed by atoms with Gasteiger partial charge in [-0.2, -0.15) is 0 Å². The summed E-state index contributed by atoms with van der Waals surface area (Å²) in [4.78, 5) is 33.7. The van der Waals surface area contributed by atoms with E-state index in [4.69, 9.17) is 4.74 Å². The van der Waals surface area contributed by atoms with E-state index < -0.39 is 0 Å². The molecule has 9 heteroatoms. The van der Waals surface area contributed by atoms with Gasteiger partial charge in [0.05, 0.1) is 10.2 Å². The number of ether oxygens (including phenoxy) is 1. The van der Waals surface area contributed by atoms with E-state index in [1.54, 1.807) is 43.6 Å². The lowest BCUT2D eigenvalue weighted by Gasteiger charge is -2.14. The molecular weight excluding hydrogens is 390 g/mol. The van der Waals surface area contributed by atoms with Gasteiger partial charge < -0.3 is 20.3 Å². The predicted molar refractivity (Wildman–Crippen MR) is 112 cm³/mol. The van der Waals surface area contributed by atoms with Gasteiger partial charge in [-0.15, -0.1) is 0 Å². The van der Waals surface area contributed by atoms with Crippen molar-refractivity contribution < 1.29 is 14.3 Å². The molecule has 1 aliphatic rings. The summed E-state index contributed by atoms with van der Waals surface area (Å²) in [6.45, 7) is 3.08. The Morgan fingerprint density at radius 1 is 1.24 bits per heavy atom. The number of likely N-dealkylation sites (tertiary alicyclic amines) is 1. The first-order valence-corrected chi connectivity index (χ1v) is 10.1. The number of pyridine rings is 1. The minimum atomic E-state index is -0.265. The molecule has 3 aromatic rings. The Morgan fingerprint density at radius 3 is 2.83 bits per heavy atom. The molecule has 4 rings (SSSR count). The molecule has 0 aliphatic carbocycles. The van der Waals surface area contributed by atoms with Gasteiger partial charge in [-0.05, 0) is 24.6 Å². The largest absolute Gasteiger partial charge is 0.457 e. The molecule has 29 heavy (non-hydrogen) atoms. The van der Waals surface area contributed by atoms with Crippen molar-refractivity contribution in [2.24, 2.45) is 0 Å². The molecule has 1 fully saturated rings. The molecule has 0 saturated carbocycles. The molecule has 0 bridgehead atoms. The van der Waals surface area contributed by atoms with Crippen LogP contribution in [0.1, 0.15) is 23.8 Å². The summed E-state index contributed by atoms with van der Waals surface area (Å²) < 4.78 is 6.89. The van der Waals surface area contributed by atoms with Crippen LogP contribution in [0.5, 0.6) is 11.5 Å². The van der Waals surface area contributed by atoms with Crippen LogP contribution in [0.3, 0.4) is 0 Å². The van der Waals surface area contributed by atoms with Crippen LogP contribution in [0.4, 0.5) is 5.13 Å². The van der Waals surface area contributed by atoms with E-state index >= 15 is 0 Å². The fourth-order valence-electron chi connectivity index (χ4n) is 3.23. The zero-order chi connectivity index (χ0) is 20.4. The number of nitrogens with one attached hydrogen (secondary N) is 2. The van der Waals surface area contributed by atoms with Crippen LogP contribution in [-0.2, 0) is 4.79 Å². The van der Waals surface area contributed by atoms with E-state index in [2.05, 4.69) is 20.6 Å². The molecule has 2 amide bonds. The van der Waals surface area contributed by atoms with Crippen molar-refractivity contribution in [2.45, 2.75) is 19.4 Å². The third-order valence-corrected chi connectivity index (χ3v) is 5.70. The van der Waals surface area contributed by atoms with E-state index in [-0.39, 0.29) is 17.9 Å². The maximum absolute atomic E-state index is 11.7. The van der Waals surface area contributed by atoms with Crippen molar-refractivity contribution in [1.29, 1.82) is 0 Å². The molecule has 150 valence electrons. The molecule has 1 atom stereocenters. The van der Waals surface area contributed by atoms with Gasteiger partial charge in [0.15, 0.2) is 5.13 Å². The van der Waals surface area contributed by atoms with Crippen molar-refractivity contribution in [3.05, 3.63) is 42.2 Å². The normalized spacial score (nSPS) is 16.1. The second-order valence-electron chi connectivity index (χ2n) is 6.80. The van der Waals surface area contributed by atoms with Gasteiger partial charge in [0.1, 0.15) is 17.2 Å². The molecule has 2 aromatic heterocycles. The second-order valence-corrected chi connectivity index (χ2v) is 7.83. The number of fused-ring (bicyclic) bond motifs is 1. The van der Waals surface area contributed by atoms with Crippen LogP contribution >= 0.6 is 11.3 Å². The number of aromatic nitrogens is 2. The molecule has 3 heterocycles. The molecule has 1 unspecified atom stereocenters. The Morgan fingerprint density at radius 2 is 2.07 bits per heavy atom. The number of thiazole rings is 1. The van der Waals surface area contributed by atoms with Crippen molar-refractivity contribution in [1.82, 2.24) is 20.2 Å². The maximum atomic E-state index is 11.7. The van der Waals surface area contributed by atoms with Crippen molar-refractivity contribution in [3.63, 3.8) is 0 Å². The van der Waals surface area contributed by atoms with Crippen molar-refractivity contribution in [2.75, 3.05) is 25.5 Å². The Bertz CT molecular complexity index is 1070. The average Bonchev–Trinajstić information content (AvgIpc) is 3.34. The fourth-order valence-corrected chi connectivity index (χ4v) is 4.20. The highest BCUT2D eigenvalue weighted by Gasteiger charge is 2.24.